The maximum absolute atomic E-state index is 12.0. The van der Waals surface area contributed by atoms with Gasteiger partial charge >= 0.3 is 0 Å². The number of fused-ring (bicyclic) bond motifs is 3. The van der Waals surface area contributed by atoms with Crippen LogP contribution in [0.15, 0.2) is 53.6 Å². The minimum Gasteiger partial charge on any atom is -0.317 e. The molecule has 0 bridgehead atoms. The van der Waals surface area contributed by atoms with Crippen molar-refractivity contribution < 1.29 is 0 Å². The number of aromatic nitrogens is 5. The first kappa shape index (κ1) is 10.9. The van der Waals surface area contributed by atoms with Crippen LogP contribution in [-0.2, 0) is 0 Å². The summed E-state index contributed by atoms with van der Waals surface area (Å²) in [6.07, 6.45) is 3.39. The molecule has 0 unspecified atom stereocenters. The summed E-state index contributed by atoms with van der Waals surface area (Å²) in [6.45, 7) is 0. The van der Waals surface area contributed by atoms with Crippen LogP contribution in [0.2, 0.25) is 0 Å². The molecule has 4 aromatic rings. The summed E-state index contributed by atoms with van der Waals surface area (Å²) in [4.78, 5) is 18.9. The van der Waals surface area contributed by atoms with Crippen molar-refractivity contribution in [3.05, 3.63) is 59.1 Å². The summed E-state index contributed by atoms with van der Waals surface area (Å²) in [7, 11) is 0. The number of nitrogens with one attached hydrogen (secondary N) is 1. The molecule has 0 spiro atoms. The number of benzene rings is 1. The summed E-state index contributed by atoms with van der Waals surface area (Å²) in [5, 5.41) is 8.12. The van der Waals surface area contributed by atoms with Gasteiger partial charge in [-0.05, 0) is 24.3 Å². The molecule has 0 saturated heterocycles. The first-order chi connectivity index (χ1) is 9.84. The number of aromatic amines is 1. The molecule has 6 nitrogen and oxygen atoms in total. The third-order valence-corrected chi connectivity index (χ3v) is 3.18. The normalized spacial score (nSPS) is 11.2. The van der Waals surface area contributed by atoms with Crippen molar-refractivity contribution in [3.63, 3.8) is 0 Å². The van der Waals surface area contributed by atoms with Gasteiger partial charge in [-0.15, -0.1) is 10.2 Å². The zero-order valence-corrected chi connectivity index (χ0v) is 10.3. The minimum absolute atomic E-state index is 0.258. The molecule has 0 aliphatic heterocycles. The van der Waals surface area contributed by atoms with E-state index in [0.717, 1.165) is 16.6 Å². The number of pyridine rings is 1. The van der Waals surface area contributed by atoms with E-state index in [-0.39, 0.29) is 11.2 Å². The number of hydrogen-bond donors (Lipinski definition) is 1. The second-order valence-corrected chi connectivity index (χ2v) is 4.40. The van der Waals surface area contributed by atoms with Crippen molar-refractivity contribution in [1.82, 2.24) is 24.6 Å². The van der Waals surface area contributed by atoms with E-state index in [1.807, 2.05) is 36.4 Å². The molecular weight excluding hydrogens is 254 g/mol. The fourth-order valence-corrected chi connectivity index (χ4v) is 2.29. The summed E-state index contributed by atoms with van der Waals surface area (Å²) in [6, 6.07) is 11.3. The standard InChI is InChI=1S/C14H9N5O/c20-14-13-18-17-12(9-4-3-7-15-8-9)19(13)11-6-2-1-5-10(11)16-14/h1-8H,(H,16,20). The predicted molar refractivity (Wildman–Crippen MR) is 74.3 cm³/mol. The zero-order valence-electron chi connectivity index (χ0n) is 10.3. The molecule has 4 rings (SSSR count). The molecule has 3 heterocycles. The summed E-state index contributed by atoms with van der Waals surface area (Å²) in [5.74, 6) is 0.607. The number of rotatable bonds is 1. The van der Waals surface area contributed by atoms with Crippen molar-refractivity contribution in [3.8, 4) is 11.4 Å². The molecule has 96 valence electrons. The lowest BCUT2D eigenvalue weighted by Gasteiger charge is -2.04. The number of para-hydroxylation sites is 2. The maximum Gasteiger partial charge on any atom is 0.294 e. The van der Waals surface area contributed by atoms with Crippen LogP contribution in [0, 0.1) is 0 Å². The number of hydrogen-bond acceptors (Lipinski definition) is 4. The largest absolute Gasteiger partial charge is 0.317 e. The average Bonchev–Trinajstić information content (AvgIpc) is 2.94. The quantitative estimate of drug-likeness (QED) is 0.566. The van der Waals surface area contributed by atoms with Gasteiger partial charge in [0.05, 0.1) is 11.0 Å². The third kappa shape index (κ3) is 1.45. The Kier molecular flexibility index (Phi) is 2.17. The number of H-pyrrole nitrogens is 1. The van der Waals surface area contributed by atoms with Crippen molar-refractivity contribution in [1.29, 1.82) is 0 Å². The Hall–Kier alpha value is -3.02. The first-order valence-electron chi connectivity index (χ1n) is 6.11. The summed E-state index contributed by atoms with van der Waals surface area (Å²) < 4.78 is 1.76. The van der Waals surface area contributed by atoms with Crippen LogP contribution in [0.5, 0.6) is 0 Å². The molecule has 0 fully saturated rings. The highest BCUT2D eigenvalue weighted by molar-refractivity contribution is 5.79. The van der Waals surface area contributed by atoms with Gasteiger partial charge in [-0.3, -0.25) is 14.2 Å². The maximum atomic E-state index is 12.0. The van der Waals surface area contributed by atoms with Crippen molar-refractivity contribution in [2.75, 3.05) is 0 Å². The molecule has 3 aromatic heterocycles. The molecule has 1 aromatic carbocycles. The smallest absolute Gasteiger partial charge is 0.294 e. The highest BCUT2D eigenvalue weighted by atomic mass is 16.1. The van der Waals surface area contributed by atoms with Crippen molar-refractivity contribution in [2.45, 2.75) is 0 Å². The van der Waals surface area contributed by atoms with Crippen LogP contribution in [0.1, 0.15) is 0 Å². The van der Waals surface area contributed by atoms with E-state index >= 15 is 0 Å². The molecule has 0 atom stereocenters. The van der Waals surface area contributed by atoms with Crippen LogP contribution in [0.25, 0.3) is 28.1 Å². The van der Waals surface area contributed by atoms with E-state index in [9.17, 15) is 4.79 Å². The van der Waals surface area contributed by atoms with Crippen molar-refractivity contribution >= 4 is 16.7 Å². The number of nitrogens with zero attached hydrogens (tertiary/aromatic N) is 4. The van der Waals surface area contributed by atoms with Gasteiger partial charge in [0, 0.05) is 18.0 Å². The average molecular weight is 263 g/mol. The Morgan fingerprint density at radius 1 is 1.05 bits per heavy atom. The lowest BCUT2D eigenvalue weighted by Crippen LogP contribution is -2.11. The minimum atomic E-state index is -0.258. The van der Waals surface area contributed by atoms with Crippen LogP contribution >= 0.6 is 0 Å². The molecule has 0 aliphatic carbocycles. The van der Waals surface area contributed by atoms with E-state index in [4.69, 9.17) is 0 Å². The Morgan fingerprint density at radius 3 is 2.80 bits per heavy atom. The lowest BCUT2D eigenvalue weighted by molar-refractivity contribution is 1.11. The van der Waals surface area contributed by atoms with Crippen LogP contribution in [-0.4, -0.2) is 24.6 Å². The van der Waals surface area contributed by atoms with Gasteiger partial charge in [0.2, 0.25) is 5.65 Å². The molecule has 0 amide bonds. The highest BCUT2D eigenvalue weighted by Gasteiger charge is 2.13. The monoisotopic (exact) mass is 263 g/mol. The van der Waals surface area contributed by atoms with Gasteiger partial charge in [0.1, 0.15) is 0 Å². The van der Waals surface area contributed by atoms with E-state index < -0.39 is 0 Å². The van der Waals surface area contributed by atoms with Crippen molar-refractivity contribution in [2.24, 2.45) is 0 Å². The molecule has 0 saturated carbocycles. The highest BCUT2D eigenvalue weighted by Crippen LogP contribution is 2.20. The third-order valence-electron chi connectivity index (χ3n) is 3.18. The Bertz CT molecular complexity index is 971. The van der Waals surface area contributed by atoms with Gasteiger partial charge in [0.25, 0.3) is 5.56 Å². The summed E-state index contributed by atoms with van der Waals surface area (Å²) >= 11 is 0. The predicted octanol–water partition coefficient (Wildman–Crippen LogP) is 1.63. The molecule has 20 heavy (non-hydrogen) atoms. The van der Waals surface area contributed by atoms with E-state index in [2.05, 4.69) is 20.2 Å². The topological polar surface area (TPSA) is 75.9 Å². The van der Waals surface area contributed by atoms with Gasteiger partial charge in [0.15, 0.2) is 5.82 Å². The van der Waals surface area contributed by atoms with Crippen LogP contribution in [0.4, 0.5) is 0 Å². The second kappa shape index (κ2) is 3.99. The van der Waals surface area contributed by atoms with Gasteiger partial charge in [-0.2, -0.15) is 0 Å². The summed E-state index contributed by atoms with van der Waals surface area (Å²) in [5.41, 5.74) is 2.44. The van der Waals surface area contributed by atoms with Gasteiger partial charge in [-0.25, -0.2) is 0 Å². The molecule has 1 N–H and O–H groups in total. The Morgan fingerprint density at radius 2 is 1.95 bits per heavy atom. The van der Waals surface area contributed by atoms with E-state index in [1.165, 1.54) is 0 Å². The van der Waals surface area contributed by atoms with E-state index in [1.54, 1.807) is 16.8 Å². The van der Waals surface area contributed by atoms with Gasteiger partial charge in [-0.1, -0.05) is 12.1 Å². The Balaban J connectivity index is 2.22. The van der Waals surface area contributed by atoms with Crippen LogP contribution in [0.3, 0.4) is 0 Å². The second-order valence-electron chi connectivity index (χ2n) is 4.40. The SMILES string of the molecule is O=c1[nH]c2ccccc2n2c(-c3cccnc3)nnc12. The first-order valence-corrected chi connectivity index (χ1v) is 6.11. The fourth-order valence-electron chi connectivity index (χ4n) is 2.29. The fraction of sp³-hybridized carbons (Fsp3) is 0. The van der Waals surface area contributed by atoms with E-state index in [0.29, 0.717) is 5.82 Å². The van der Waals surface area contributed by atoms with Crippen LogP contribution < -0.4 is 5.56 Å². The lowest BCUT2D eigenvalue weighted by atomic mass is 10.2. The molecule has 0 aliphatic rings. The zero-order chi connectivity index (χ0) is 13.5. The molecular formula is C14H9N5O. The van der Waals surface area contributed by atoms with Gasteiger partial charge < -0.3 is 4.98 Å². The molecule has 6 heteroatoms. The molecule has 0 radical (unpaired) electrons. The Labute approximate surface area is 112 Å².